The van der Waals surface area contributed by atoms with Gasteiger partial charge in [0.15, 0.2) is 0 Å². The maximum Gasteiger partial charge on any atom is 0.127 e. The lowest BCUT2D eigenvalue weighted by Crippen LogP contribution is -2.47. The van der Waals surface area contributed by atoms with Crippen LogP contribution in [-0.2, 0) is 7.05 Å². The van der Waals surface area contributed by atoms with Crippen LogP contribution in [0.15, 0.2) is 12.4 Å². The van der Waals surface area contributed by atoms with Crippen molar-refractivity contribution in [1.82, 2.24) is 19.8 Å². The molecule has 1 aromatic heterocycles. The number of thioether (sulfide) groups is 1. The Balaban J connectivity index is 0.00000162. The lowest BCUT2D eigenvalue weighted by atomic mass is 10.2. The molecule has 1 unspecified atom stereocenters. The lowest BCUT2D eigenvalue weighted by Gasteiger charge is -2.35. The molecule has 0 radical (unpaired) electrons. The van der Waals surface area contributed by atoms with E-state index in [4.69, 9.17) is 0 Å². The Morgan fingerprint density at radius 2 is 2.39 bits per heavy atom. The lowest BCUT2D eigenvalue weighted by molar-refractivity contribution is 0.163. The van der Waals surface area contributed by atoms with Crippen molar-refractivity contribution in [2.45, 2.75) is 13.0 Å². The monoisotopic (exact) mass is 290 g/mol. The van der Waals surface area contributed by atoms with Gasteiger partial charge in [0, 0.05) is 51.4 Å². The summed E-state index contributed by atoms with van der Waals surface area (Å²) in [7, 11) is 2.08. The van der Waals surface area contributed by atoms with Gasteiger partial charge in [0.1, 0.15) is 5.82 Å². The first-order valence-corrected chi connectivity index (χ1v) is 7.48. The Morgan fingerprint density at radius 1 is 1.56 bits per heavy atom. The van der Waals surface area contributed by atoms with E-state index in [1.54, 1.807) is 0 Å². The first kappa shape index (κ1) is 15.8. The number of aryl methyl sites for hydroxylation is 1. The van der Waals surface area contributed by atoms with Crippen LogP contribution in [0.25, 0.3) is 0 Å². The van der Waals surface area contributed by atoms with Crippen molar-refractivity contribution >= 4 is 24.2 Å². The van der Waals surface area contributed by atoms with Crippen LogP contribution in [0, 0.1) is 0 Å². The summed E-state index contributed by atoms with van der Waals surface area (Å²) >= 11 is 2.02. The number of hydrogen-bond donors (Lipinski definition) is 1. The van der Waals surface area contributed by atoms with Crippen molar-refractivity contribution in [3.05, 3.63) is 18.2 Å². The fourth-order valence-electron chi connectivity index (χ4n) is 2.29. The molecule has 1 atom stereocenters. The van der Waals surface area contributed by atoms with Crippen LogP contribution < -0.4 is 5.32 Å². The molecule has 1 N–H and O–H groups in total. The van der Waals surface area contributed by atoms with E-state index in [1.165, 1.54) is 17.3 Å². The van der Waals surface area contributed by atoms with E-state index in [1.807, 2.05) is 24.2 Å². The minimum Gasteiger partial charge on any atom is -0.337 e. The second-order valence-electron chi connectivity index (χ2n) is 4.35. The molecule has 18 heavy (non-hydrogen) atoms. The highest BCUT2D eigenvalue weighted by molar-refractivity contribution is 7.99. The number of imidazole rings is 1. The van der Waals surface area contributed by atoms with Gasteiger partial charge in [-0.25, -0.2) is 4.98 Å². The van der Waals surface area contributed by atoms with Crippen LogP contribution in [0.2, 0.25) is 0 Å². The Hall–Kier alpha value is -0.230. The number of nitrogens with zero attached hydrogens (tertiary/aromatic N) is 3. The van der Waals surface area contributed by atoms with Gasteiger partial charge >= 0.3 is 0 Å². The number of nitrogens with one attached hydrogen (secondary N) is 1. The molecule has 0 bridgehead atoms. The molecule has 0 amide bonds. The summed E-state index contributed by atoms with van der Waals surface area (Å²) in [6, 6.07) is 0.432. The van der Waals surface area contributed by atoms with Crippen molar-refractivity contribution in [2.24, 2.45) is 7.05 Å². The van der Waals surface area contributed by atoms with Gasteiger partial charge in [-0.1, -0.05) is 6.92 Å². The fraction of sp³-hybridized carbons (Fsp3) is 0.750. The standard InChI is InChI=1S/C12H22N4S.ClH/c1-3-17-9-8-16-7-4-13-10-11(16)12-14-5-6-15(12)2;/h5-6,11,13H,3-4,7-10H2,1-2H3;1H. The zero-order chi connectivity index (χ0) is 12.1. The third-order valence-electron chi connectivity index (χ3n) is 3.24. The third-order valence-corrected chi connectivity index (χ3v) is 4.12. The number of aromatic nitrogens is 2. The van der Waals surface area contributed by atoms with Crippen LogP contribution in [-0.4, -0.2) is 52.1 Å². The smallest absolute Gasteiger partial charge is 0.127 e. The summed E-state index contributed by atoms with van der Waals surface area (Å²) in [5.74, 6) is 3.61. The number of rotatable bonds is 5. The number of piperazine rings is 1. The molecule has 0 aromatic carbocycles. The first-order chi connectivity index (χ1) is 8.33. The van der Waals surface area contributed by atoms with E-state index >= 15 is 0 Å². The van der Waals surface area contributed by atoms with Crippen molar-refractivity contribution in [3.63, 3.8) is 0 Å². The molecule has 2 rings (SSSR count). The van der Waals surface area contributed by atoms with E-state index in [-0.39, 0.29) is 12.4 Å². The molecule has 0 aliphatic carbocycles. The number of halogens is 1. The van der Waals surface area contributed by atoms with Gasteiger partial charge in [0.05, 0.1) is 6.04 Å². The molecule has 1 aliphatic rings. The third kappa shape index (κ3) is 3.88. The van der Waals surface area contributed by atoms with Gasteiger partial charge in [-0.05, 0) is 5.75 Å². The Morgan fingerprint density at radius 3 is 3.06 bits per heavy atom. The Labute approximate surface area is 120 Å². The van der Waals surface area contributed by atoms with Crippen LogP contribution in [0.5, 0.6) is 0 Å². The zero-order valence-corrected chi connectivity index (χ0v) is 12.8. The van der Waals surface area contributed by atoms with E-state index in [0.717, 1.165) is 26.2 Å². The van der Waals surface area contributed by atoms with Crippen molar-refractivity contribution in [3.8, 4) is 0 Å². The zero-order valence-electron chi connectivity index (χ0n) is 11.1. The predicted octanol–water partition coefficient (Wildman–Crippen LogP) is 1.54. The topological polar surface area (TPSA) is 33.1 Å². The van der Waals surface area contributed by atoms with Gasteiger partial charge < -0.3 is 9.88 Å². The molecular formula is C12H23ClN4S. The van der Waals surface area contributed by atoms with Crippen LogP contribution in [0.4, 0.5) is 0 Å². The molecule has 6 heteroatoms. The molecule has 4 nitrogen and oxygen atoms in total. The molecule has 104 valence electrons. The second kappa shape index (κ2) is 8.04. The second-order valence-corrected chi connectivity index (χ2v) is 5.74. The highest BCUT2D eigenvalue weighted by atomic mass is 35.5. The number of hydrogen-bond acceptors (Lipinski definition) is 4. The fourth-order valence-corrected chi connectivity index (χ4v) is 2.95. The maximum absolute atomic E-state index is 4.49. The van der Waals surface area contributed by atoms with Crippen molar-refractivity contribution in [2.75, 3.05) is 37.7 Å². The van der Waals surface area contributed by atoms with E-state index in [2.05, 4.69) is 33.7 Å². The minimum atomic E-state index is 0. The average Bonchev–Trinajstić information content (AvgIpc) is 2.76. The van der Waals surface area contributed by atoms with Gasteiger partial charge in [0.2, 0.25) is 0 Å². The first-order valence-electron chi connectivity index (χ1n) is 6.32. The molecule has 0 saturated carbocycles. The normalized spacial score (nSPS) is 20.7. The maximum atomic E-state index is 4.49. The highest BCUT2D eigenvalue weighted by Crippen LogP contribution is 2.20. The van der Waals surface area contributed by atoms with Crippen LogP contribution in [0.1, 0.15) is 18.8 Å². The summed E-state index contributed by atoms with van der Waals surface area (Å²) in [6.07, 6.45) is 3.92. The van der Waals surface area contributed by atoms with Gasteiger partial charge in [-0.3, -0.25) is 4.90 Å². The Kier molecular flexibility index (Phi) is 7.07. The predicted molar refractivity (Wildman–Crippen MR) is 80.6 cm³/mol. The molecule has 0 spiro atoms. The summed E-state index contributed by atoms with van der Waals surface area (Å²) in [5.41, 5.74) is 0. The van der Waals surface area contributed by atoms with E-state index in [9.17, 15) is 0 Å². The highest BCUT2D eigenvalue weighted by Gasteiger charge is 2.25. The summed E-state index contributed by atoms with van der Waals surface area (Å²) < 4.78 is 2.14. The summed E-state index contributed by atoms with van der Waals surface area (Å²) in [5, 5.41) is 3.47. The molecule has 1 aromatic rings. The molecule has 1 fully saturated rings. The largest absolute Gasteiger partial charge is 0.337 e. The molecular weight excluding hydrogens is 268 g/mol. The average molecular weight is 291 g/mol. The molecule has 1 aliphatic heterocycles. The van der Waals surface area contributed by atoms with Crippen LogP contribution >= 0.6 is 24.2 Å². The Bertz CT molecular complexity index is 345. The minimum absolute atomic E-state index is 0. The van der Waals surface area contributed by atoms with E-state index in [0.29, 0.717) is 6.04 Å². The summed E-state index contributed by atoms with van der Waals surface area (Å²) in [6.45, 7) is 6.62. The van der Waals surface area contributed by atoms with Crippen molar-refractivity contribution in [1.29, 1.82) is 0 Å². The molecule has 2 heterocycles. The molecule has 1 saturated heterocycles. The van der Waals surface area contributed by atoms with Gasteiger partial charge in [-0.15, -0.1) is 12.4 Å². The quantitative estimate of drug-likeness (QED) is 0.834. The summed E-state index contributed by atoms with van der Waals surface area (Å²) in [4.78, 5) is 7.05. The van der Waals surface area contributed by atoms with E-state index < -0.39 is 0 Å². The van der Waals surface area contributed by atoms with Gasteiger partial charge in [-0.2, -0.15) is 11.8 Å². The van der Waals surface area contributed by atoms with Gasteiger partial charge in [0.25, 0.3) is 0 Å². The van der Waals surface area contributed by atoms with Crippen molar-refractivity contribution < 1.29 is 0 Å². The van der Waals surface area contributed by atoms with Crippen LogP contribution in [0.3, 0.4) is 0 Å². The SMILES string of the molecule is CCSCCN1CCNCC1c1nccn1C.Cl.